The molecular weight excluding hydrogens is 240 g/mol. The van der Waals surface area contributed by atoms with Crippen LogP contribution in [0.4, 0.5) is 0 Å². The number of aryl methyl sites for hydroxylation is 1. The second kappa shape index (κ2) is 6.20. The van der Waals surface area contributed by atoms with Gasteiger partial charge < -0.3 is 9.84 Å². The zero-order valence-corrected chi connectivity index (χ0v) is 11.7. The van der Waals surface area contributed by atoms with Gasteiger partial charge in [-0.3, -0.25) is 4.79 Å². The third-order valence-corrected chi connectivity index (χ3v) is 3.99. The summed E-state index contributed by atoms with van der Waals surface area (Å²) in [6, 6.07) is 5.49. The van der Waals surface area contributed by atoms with Gasteiger partial charge in [0.2, 0.25) is 0 Å². The molecule has 0 amide bonds. The number of aliphatic hydroxyl groups excluding tert-OH is 1. The molecule has 19 heavy (non-hydrogen) atoms. The first-order chi connectivity index (χ1) is 9.13. The average molecular weight is 262 g/mol. The number of carbonyl (C=O) groups is 1. The first-order valence-electron chi connectivity index (χ1n) is 7.00. The van der Waals surface area contributed by atoms with E-state index in [1.807, 2.05) is 13.0 Å². The average Bonchev–Trinajstić information content (AvgIpc) is 2.46. The third kappa shape index (κ3) is 3.16. The van der Waals surface area contributed by atoms with E-state index in [0.29, 0.717) is 11.3 Å². The van der Waals surface area contributed by atoms with Gasteiger partial charge in [0.1, 0.15) is 11.9 Å². The molecule has 1 saturated carbocycles. The van der Waals surface area contributed by atoms with E-state index >= 15 is 0 Å². The second-order valence-electron chi connectivity index (χ2n) is 5.41. The van der Waals surface area contributed by atoms with E-state index in [4.69, 9.17) is 4.74 Å². The Morgan fingerprint density at radius 1 is 1.32 bits per heavy atom. The number of rotatable bonds is 4. The normalized spacial score (nSPS) is 18.1. The summed E-state index contributed by atoms with van der Waals surface area (Å²) in [5.41, 5.74) is 1.50. The number of hydrogen-bond acceptors (Lipinski definition) is 3. The highest BCUT2D eigenvalue weighted by atomic mass is 16.5. The Morgan fingerprint density at radius 2 is 2.00 bits per heavy atom. The Kier molecular flexibility index (Phi) is 4.59. The second-order valence-corrected chi connectivity index (χ2v) is 5.41. The Balaban J connectivity index is 2.20. The summed E-state index contributed by atoms with van der Waals surface area (Å²) in [6.07, 6.45) is 4.43. The molecule has 1 aromatic rings. The van der Waals surface area contributed by atoms with Gasteiger partial charge >= 0.3 is 0 Å². The van der Waals surface area contributed by atoms with E-state index in [-0.39, 0.29) is 11.7 Å². The fourth-order valence-corrected chi connectivity index (χ4v) is 2.84. The fourth-order valence-electron chi connectivity index (χ4n) is 2.84. The molecule has 1 atom stereocenters. The van der Waals surface area contributed by atoms with Gasteiger partial charge in [-0.15, -0.1) is 0 Å². The molecule has 1 fully saturated rings. The Hall–Kier alpha value is -1.35. The van der Waals surface area contributed by atoms with Crippen molar-refractivity contribution in [2.24, 2.45) is 5.92 Å². The number of ether oxygens (including phenoxy) is 1. The van der Waals surface area contributed by atoms with Crippen LogP contribution in [0.2, 0.25) is 0 Å². The number of carbonyl (C=O) groups excluding carboxylic acids is 1. The Bertz CT molecular complexity index is 447. The minimum absolute atomic E-state index is 0.103. The van der Waals surface area contributed by atoms with Gasteiger partial charge in [0, 0.05) is 0 Å². The van der Waals surface area contributed by atoms with Crippen LogP contribution in [0, 0.1) is 12.8 Å². The van der Waals surface area contributed by atoms with Crippen LogP contribution in [0.5, 0.6) is 5.75 Å². The molecule has 2 rings (SSSR count). The molecule has 0 spiro atoms. The summed E-state index contributed by atoms with van der Waals surface area (Å²) in [4.78, 5) is 12.4. The maximum absolute atomic E-state index is 12.4. The number of ketones is 1. The molecule has 0 heterocycles. The highest BCUT2D eigenvalue weighted by Gasteiger charge is 2.29. The lowest BCUT2D eigenvalue weighted by atomic mass is 9.82. The fraction of sp³-hybridized carbons (Fsp3) is 0.562. The Morgan fingerprint density at radius 3 is 2.63 bits per heavy atom. The molecule has 0 saturated heterocycles. The number of aliphatic hydroxyl groups is 1. The van der Waals surface area contributed by atoms with Crippen molar-refractivity contribution in [3.05, 3.63) is 29.3 Å². The van der Waals surface area contributed by atoms with Crippen LogP contribution in [-0.2, 0) is 0 Å². The number of Topliss-reactive ketones (excluding diaryl/α,β-unsaturated/α-hetero) is 1. The molecule has 1 aromatic carbocycles. The van der Waals surface area contributed by atoms with Crippen molar-refractivity contribution < 1.29 is 14.6 Å². The van der Waals surface area contributed by atoms with Gasteiger partial charge in [-0.25, -0.2) is 0 Å². The van der Waals surface area contributed by atoms with E-state index in [9.17, 15) is 9.90 Å². The van der Waals surface area contributed by atoms with Crippen LogP contribution in [0.3, 0.4) is 0 Å². The number of hydrogen-bond donors (Lipinski definition) is 1. The van der Waals surface area contributed by atoms with Gasteiger partial charge in [0.15, 0.2) is 5.78 Å². The standard InChI is InChI=1S/C16H22O3/c1-11-8-9-14(19-2)13(10-11)16(18)15(17)12-6-4-3-5-7-12/h8-10,12,15,17H,3-7H2,1-2H3. The highest BCUT2D eigenvalue weighted by Crippen LogP contribution is 2.30. The minimum atomic E-state index is -0.893. The molecule has 0 aromatic heterocycles. The first-order valence-corrected chi connectivity index (χ1v) is 7.00. The lowest BCUT2D eigenvalue weighted by Gasteiger charge is -2.26. The molecule has 0 radical (unpaired) electrons. The molecule has 0 bridgehead atoms. The smallest absolute Gasteiger partial charge is 0.195 e. The van der Waals surface area contributed by atoms with Gasteiger partial charge in [0.25, 0.3) is 0 Å². The zero-order chi connectivity index (χ0) is 13.8. The predicted molar refractivity (Wildman–Crippen MR) is 74.6 cm³/mol. The SMILES string of the molecule is COc1ccc(C)cc1C(=O)C(O)C1CCCCC1. The molecule has 3 heteroatoms. The van der Waals surface area contributed by atoms with Crippen molar-refractivity contribution >= 4 is 5.78 Å². The molecule has 3 nitrogen and oxygen atoms in total. The molecule has 1 N–H and O–H groups in total. The van der Waals surface area contributed by atoms with Crippen molar-refractivity contribution in [3.63, 3.8) is 0 Å². The molecule has 1 aliphatic carbocycles. The van der Waals surface area contributed by atoms with Crippen molar-refractivity contribution in [1.29, 1.82) is 0 Å². The summed E-state index contributed by atoms with van der Waals surface area (Å²) < 4.78 is 5.23. The van der Waals surface area contributed by atoms with Crippen LogP contribution in [0.1, 0.15) is 48.0 Å². The summed E-state index contributed by atoms with van der Waals surface area (Å²) in [5.74, 6) is 0.448. The van der Waals surface area contributed by atoms with Crippen LogP contribution < -0.4 is 4.74 Å². The summed E-state index contributed by atoms with van der Waals surface area (Å²) in [5, 5.41) is 10.3. The predicted octanol–water partition coefficient (Wildman–Crippen LogP) is 3.13. The van der Waals surface area contributed by atoms with Gasteiger partial charge in [-0.05, 0) is 37.8 Å². The van der Waals surface area contributed by atoms with Crippen LogP contribution in [-0.4, -0.2) is 24.1 Å². The minimum Gasteiger partial charge on any atom is -0.496 e. The summed E-state index contributed by atoms with van der Waals surface area (Å²) >= 11 is 0. The van der Waals surface area contributed by atoms with Crippen molar-refractivity contribution in [2.45, 2.75) is 45.1 Å². The topological polar surface area (TPSA) is 46.5 Å². The highest BCUT2D eigenvalue weighted by molar-refractivity contribution is 6.02. The quantitative estimate of drug-likeness (QED) is 0.848. The first kappa shape index (κ1) is 14.1. The van der Waals surface area contributed by atoms with Gasteiger partial charge in [0.05, 0.1) is 12.7 Å². The van der Waals surface area contributed by atoms with E-state index in [2.05, 4.69) is 0 Å². The third-order valence-electron chi connectivity index (χ3n) is 3.99. The largest absolute Gasteiger partial charge is 0.496 e. The number of benzene rings is 1. The van der Waals surface area contributed by atoms with E-state index in [1.165, 1.54) is 6.42 Å². The summed E-state index contributed by atoms with van der Waals surface area (Å²) in [6.45, 7) is 1.93. The van der Waals surface area contributed by atoms with Crippen LogP contribution in [0.25, 0.3) is 0 Å². The molecule has 1 unspecified atom stereocenters. The van der Waals surface area contributed by atoms with Gasteiger partial charge in [-0.1, -0.05) is 30.9 Å². The van der Waals surface area contributed by atoms with Gasteiger partial charge in [-0.2, -0.15) is 0 Å². The van der Waals surface area contributed by atoms with E-state index in [0.717, 1.165) is 31.2 Å². The monoisotopic (exact) mass is 262 g/mol. The van der Waals surface area contributed by atoms with E-state index < -0.39 is 6.10 Å². The molecular formula is C16H22O3. The van der Waals surface area contributed by atoms with Crippen molar-refractivity contribution in [3.8, 4) is 5.75 Å². The van der Waals surface area contributed by atoms with Crippen LogP contribution >= 0.6 is 0 Å². The van der Waals surface area contributed by atoms with Crippen LogP contribution in [0.15, 0.2) is 18.2 Å². The Labute approximate surface area is 114 Å². The lowest BCUT2D eigenvalue weighted by molar-refractivity contribution is 0.0532. The zero-order valence-electron chi connectivity index (χ0n) is 11.7. The number of methoxy groups -OCH3 is 1. The van der Waals surface area contributed by atoms with Crippen molar-refractivity contribution in [1.82, 2.24) is 0 Å². The maximum atomic E-state index is 12.4. The lowest BCUT2D eigenvalue weighted by Crippen LogP contribution is -2.31. The molecule has 104 valence electrons. The van der Waals surface area contributed by atoms with E-state index in [1.54, 1.807) is 19.2 Å². The molecule has 1 aliphatic rings. The van der Waals surface area contributed by atoms with Crippen molar-refractivity contribution in [2.75, 3.05) is 7.11 Å². The maximum Gasteiger partial charge on any atom is 0.195 e. The summed E-state index contributed by atoms with van der Waals surface area (Å²) in [7, 11) is 1.55. The molecule has 0 aliphatic heterocycles.